The van der Waals surface area contributed by atoms with E-state index in [-0.39, 0.29) is 29.6 Å². The summed E-state index contributed by atoms with van der Waals surface area (Å²) < 4.78 is 26.8. The van der Waals surface area contributed by atoms with Crippen molar-refractivity contribution in [3.8, 4) is 0 Å². The number of benzene rings is 1. The Morgan fingerprint density at radius 3 is 2.68 bits per heavy atom. The quantitative estimate of drug-likeness (QED) is 0.862. The zero-order valence-corrected chi connectivity index (χ0v) is 11.5. The molecule has 106 valence electrons. The van der Waals surface area contributed by atoms with Crippen LogP contribution in [0.1, 0.15) is 28.8 Å². The smallest absolute Gasteiger partial charge is 0.256 e. The number of rotatable bonds is 1. The molecule has 1 aliphatic heterocycles. The van der Waals surface area contributed by atoms with Crippen molar-refractivity contribution in [3.05, 3.63) is 34.9 Å². The van der Waals surface area contributed by atoms with Gasteiger partial charge in [-0.15, -0.1) is 12.4 Å². The number of piperidine rings is 1. The Morgan fingerprint density at radius 2 is 2.05 bits per heavy atom. The van der Waals surface area contributed by atoms with Gasteiger partial charge in [0, 0.05) is 25.2 Å². The molecule has 1 fully saturated rings. The van der Waals surface area contributed by atoms with Gasteiger partial charge in [-0.2, -0.15) is 0 Å². The Labute approximate surface area is 117 Å². The molecule has 1 atom stereocenters. The Hall–Kier alpha value is -1.20. The first-order chi connectivity index (χ1) is 8.49. The fourth-order valence-corrected chi connectivity index (χ4v) is 2.19. The highest BCUT2D eigenvalue weighted by atomic mass is 35.5. The van der Waals surface area contributed by atoms with E-state index in [1.165, 1.54) is 17.9 Å². The molecule has 0 bridgehead atoms. The maximum absolute atomic E-state index is 13.6. The largest absolute Gasteiger partial charge is 0.337 e. The first-order valence-electron chi connectivity index (χ1n) is 5.99. The molecule has 0 radical (unpaired) electrons. The van der Waals surface area contributed by atoms with Gasteiger partial charge in [0.2, 0.25) is 0 Å². The van der Waals surface area contributed by atoms with Crippen LogP contribution in [0.4, 0.5) is 8.78 Å². The molecule has 0 aromatic heterocycles. The van der Waals surface area contributed by atoms with Crippen LogP contribution in [0.3, 0.4) is 0 Å². The first-order valence-corrected chi connectivity index (χ1v) is 5.99. The second-order valence-corrected chi connectivity index (χ2v) is 4.73. The molecule has 1 saturated heterocycles. The SMILES string of the molecule is Cc1cc(C(=O)N2CCC[C@@H](N)C2)c(F)cc1F.Cl. The van der Waals surface area contributed by atoms with Gasteiger partial charge in [-0.05, 0) is 31.4 Å². The number of nitrogens with two attached hydrogens (primary N) is 1. The lowest BCUT2D eigenvalue weighted by atomic mass is 10.0. The molecule has 0 saturated carbocycles. The van der Waals surface area contributed by atoms with Gasteiger partial charge in [0.15, 0.2) is 0 Å². The Kier molecular flexibility index (Phi) is 5.26. The monoisotopic (exact) mass is 290 g/mol. The molecule has 1 aliphatic rings. The highest BCUT2D eigenvalue weighted by Crippen LogP contribution is 2.18. The normalized spacial score (nSPS) is 18.9. The summed E-state index contributed by atoms with van der Waals surface area (Å²) in [6.07, 6.45) is 1.68. The van der Waals surface area contributed by atoms with Crippen LogP contribution in [0.15, 0.2) is 12.1 Å². The minimum atomic E-state index is -0.817. The van der Waals surface area contributed by atoms with Gasteiger partial charge in [-0.25, -0.2) is 8.78 Å². The summed E-state index contributed by atoms with van der Waals surface area (Å²) in [6.45, 7) is 2.50. The van der Waals surface area contributed by atoms with Gasteiger partial charge in [-0.3, -0.25) is 4.79 Å². The molecule has 1 heterocycles. The highest BCUT2D eigenvalue weighted by molar-refractivity contribution is 5.94. The minimum absolute atomic E-state index is 0. The van der Waals surface area contributed by atoms with Crippen molar-refractivity contribution in [2.24, 2.45) is 5.73 Å². The van der Waals surface area contributed by atoms with Crippen LogP contribution in [-0.4, -0.2) is 29.9 Å². The van der Waals surface area contributed by atoms with E-state index in [2.05, 4.69) is 0 Å². The number of halogens is 3. The zero-order valence-electron chi connectivity index (χ0n) is 10.7. The van der Waals surface area contributed by atoms with Gasteiger partial charge in [0.1, 0.15) is 11.6 Å². The van der Waals surface area contributed by atoms with Crippen LogP contribution in [0.25, 0.3) is 0 Å². The average molecular weight is 291 g/mol. The van der Waals surface area contributed by atoms with Crippen LogP contribution >= 0.6 is 12.4 Å². The van der Waals surface area contributed by atoms with Gasteiger partial charge in [0.25, 0.3) is 5.91 Å². The van der Waals surface area contributed by atoms with E-state index in [9.17, 15) is 13.6 Å². The third-order valence-electron chi connectivity index (χ3n) is 3.22. The topological polar surface area (TPSA) is 46.3 Å². The summed E-state index contributed by atoms with van der Waals surface area (Å²) in [6, 6.07) is 1.95. The molecule has 19 heavy (non-hydrogen) atoms. The molecular formula is C13H17ClF2N2O. The van der Waals surface area contributed by atoms with Crippen LogP contribution < -0.4 is 5.73 Å². The lowest BCUT2D eigenvalue weighted by molar-refractivity contribution is 0.0704. The summed E-state index contributed by atoms with van der Waals surface area (Å²) in [7, 11) is 0. The predicted molar refractivity (Wildman–Crippen MR) is 71.5 cm³/mol. The standard InChI is InChI=1S/C13H16F2N2O.ClH/c1-8-5-10(12(15)6-11(8)14)13(18)17-4-2-3-9(16)7-17;/h5-6,9H,2-4,7,16H2,1H3;1H/t9-;/m1./s1. The molecular weight excluding hydrogens is 274 g/mol. The first kappa shape index (κ1) is 15.9. The lowest BCUT2D eigenvalue weighted by Crippen LogP contribution is -2.45. The number of nitrogens with zero attached hydrogens (tertiary/aromatic N) is 1. The molecule has 2 N–H and O–H groups in total. The number of amides is 1. The van der Waals surface area contributed by atoms with E-state index in [1.54, 1.807) is 0 Å². The molecule has 1 amide bonds. The number of hydrogen-bond donors (Lipinski definition) is 1. The second-order valence-electron chi connectivity index (χ2n) is 4.73. The highest BCUT2D eigenvalue weighted by Gasteiger charge is 2.24. The third-order valence-corrected chi connectivity index (χ3v) is 3.22. The van der Waals surface area contributed by atoms with E-state index < -0.39 is 17.5 Å². The van der Waals surface area contributed by atoms with E-state index in [1.807, 2.05) is 0 Å². The van der Waals surface area contributed by atoms with E-state index in [0.717, 1.165) is 18.9 Å². The van der Waals surface area contributed by atoms with Crippen molar-refractivity contribution < 1.29 is 13.6 Å². The predicted octanol–water partition coefficient (Wildman–Crippen LogP) is 2.26. The molecule has 0 aliphatic carbocycles. The number of likely N-dealkylation sites (tertiary alicyclic amines) is 1. The van der Waals surface area contributed by atoms with Crippen molar-refractivity contribution in [2.45, 2.75) is 25.8 Å². The fourth-order valence-electron chi connectivity index (χ4n) is 2.19. The number of carbonyl (C=O) groups is 1. The Balaban J connectivity index is 0.00000180. The summed E-state index contributed by atoms with van der Waals surface area (Å²) in [5.41, 5.74) is 5.97. The van der Waals surface area contributed by atoms with Crippen molar-refractivity contribution >= 4 is 18.3 Å². The van der Waals surface area contributed by atoms with E-state index in [0.29, 0.717) is 13.1 Å². The summed E-state index contributed by atoms with van der Waals surface area (Å²) in [5, 5.41) is 0. The van der Waals surface area contributed by atoms with Crippen LogP contribution in [0, 0.1) is 18.6 Å². The number of aryl methyl sites for hydroxylation is 1. The maximum atomic E-state index is 13.6. The van der Waals surface area contributed by atoms with Crippen molar-refractivity contribution in [1.29, 1.82) is 0 Å². The lowest BCUT2D eigenvalue weighted by Gasteiger charge is -2.31. The van der Waals surface area contributed by atoms with Crippen LogP contribution in [0.2, 0.25) is 0 Å². The van der Waals surface area contributed by atoms with E-state index in [4.69, 9.17) is 5.73 Å². The summed E-state index contributed by atoms with van der Waals surface area (Å²) in [4.78, 5) is 13.7. The molecule has 0 unspecified atom stereocenters. The van der Waals surface area contributed by atoms with Crippen molar-refractivity contribution in [1.82, 2.24) is 4.90 Å². The van der Waals surface area contributed by atoms with Crippen LogP contribution in [-0.2, 0) is 0 Å². The maximum Gasteiger partial charge on any atom is 0.256 e. The average Bonchev–Trinajstić information content (AvgIpc) is 2.33. The molecule has 3 nitrogen and oxygen atoms in total. The Bertz CT molecular complexity index is 482. The van der Waals surface area contributed by atoms with Gasteiger partial charge in [0.05, 0.1) is 5.56 Å². The summed E-state index contributed by atoms with van der Waals surface area (Å²) >= 11 is 0. The number of hydrogen-bond acceptors (Lipinski definition) is 2. The van der Waals surface area contributed by atoms with E-state index >= 15 is 0 Å². The second kappa shape index (κ2) is 6.30. The molecule has 0 spiro atoms. The van der Waals surface area contributed by atoms with Gasteiger partial charge in [-0.1, -0.05) is 0 Å². The van der Waals surface area contributed by atoms with Gasteiger partial charge >= 0.3 is 0 Å². The third kappa shape index (κ3) is 3.42. The molecule has 1 aromatic rings. The van der Waals surface area contributed by atoms with Gasteiger partial charge < -0.3 is 10.6 Å². The molecule has 6 heteroatoms. The van der Waals surface area contributed by atoms with Crippen LogP contribution in [0.5, 0.6) is 0 Å². The molecule has 2 rings (SSSR count). The fraction of sp³-hybridized carbons (Fsp3) is 0.462. The van der Waals surface area contributed by atoms with Crippen molar-refractivity contribution in [2.75, 3.05) is 13.1 Å². The molecule has 1 aromatic carbocycles. The Morgan fingerprint density at radius 1 is 1.37 bits per heavy atom. The zero-order chi connectivity index (χ0) is 13.3. The summed E-state index contributed by atoms with van der Waals surface area (Å²) in [5.74, 6) is -1.87. The minimum Gasteiger partial charge on any atom is -0.337 e. The number of carbonyl (C=O) groups excluding carboxylic acids is 1. The van der Waals surface area contributed by atoms with Crippen molar-refractivity contribution in [3.63, 3.8) is 0 Å².